The number of hydrazine groups is 1. The average molecular weight is 405 g/mol. The lowest BCUT2D eigenvalue weighted by atomic mass is 10.1. The van der Waals surface area contributed by atoms with Crippen LogP contribution in [0.5, 0.6) is 5.75 Å². The summed E-state index contributed by atoms with van der Waals surface area (Å²) in [5, 5.41) is 0. The minimum Gasteiger partial charge on any atom is -0.483 e. The van der Waals surface area contributed by atoms with Crippen LogP contribution in [0.1, 0.15) is 21.5 Å². The highest BCUT2D eigenvalue weighted by molar-refractivity contribution is 7.89. The van der Waals surface area contributed by atoms with Crippen LogP contribution in [-0.4, -0.2) is 45.2 Å². The summed E-state index contributed by atoms with van der Waals surface area (Å²) in [6.07, 6.45) is 0. The van der Waals surface area contributed by atoms with Crippen molar-refractivity contribution < 1.29 is 22.7 Å². The standard InChI is InChI=1S/C19H23N3O5S/c1-13-6-5-7-14(2)18(13)27-12-17(23)20-21-19(24)15-8-10-16(11-9-15)28(25,26)22(3)4/h5-11H,12H2,1-4H3,(H,20,23)(H,21,24). The average Bonchev–Trinajstić information content (AvgIpc) is 2.65. The van der Waals surface area contributed by atoms with Gasteiger partial charge < -0.3 is 4.74 Å². The van der Waals surface area contributed by atoms with Crippen molar-refractivity contribution in [3.63, 3.8) is 0 Å². The van der Waals surface area contributed by atoms with Crippen molar-refractivity contribution in [2.45, 2.75) is 18.7 Å². The van der Waals surface area contributed by atoms with E-state index < -0.39 is 21.8 Å². The number of amides is 2. The molecule has 2 aromatic rings. The Hall–Kier alpha value is -2.91. The Morgan fingerprint density at radius 3 is 2.07 bits per heavy atom. The molecule has 2 amide bonds. The number of carbonyl (C=O) groups excluding carboxylic acids is 2. The number of hydrogen-bond donors (Lipinski definition) is 2. The molecule has 28 heavy (non-hydrogen) atoms. The van der Waals surface area contributed by atoms with Gasteiger partial charge in [-0.1, -0.05) is 18.2 Å². The van der Waals surface area contributed by atoms with Crippen LogP contribution in [0, 0.1) is 13.8 Å². The highest BCUT2D eigenvalue weighted by atomic mass is 32.2. The summed E-state index contributed by atoms with van der Waals surface area (Å²) in [5.74, 6) is -0.473. The SMILES string of the molecule is Cc1cccc(C)c1OCC(=O)NNC(=O)c1ccc(S(=O)(=O)N(C)C)cc1. The normalized spacial score (nSPS) is 11.2. The van der Waals surface area contributed by atoms with Crippen LogP contribution >= 0.6 is 0 Å². The van der Waals surface area contributed by atoms with Gasteiger partial charge in [0.05, 0.1) is 4.90 Å². The molecule has 0 spiro atoms. The first-order chi connectivity index (χ1) is 13.1. The molecule has 0 aliphatic rings. The predicted molar refractivity (Wildman–Crippen MR) is 104 cm³/mol. The second-order valence-corrected chi connectivity index (χ2v) is 8.48. The summed E-state index contributed by atoms with van der Waals surface area (Å²) in [6.45, 7) is 3.50. The molecular weight excluding hydrogens is 382 g/mol. The van der Waals surface area contributed by atoms with E-state index >= 15 is 0 Å². The van der Waals surface area contributed by atoms with Crippen molar-refractivity contribution in [3.8, 4) is 5.75 Å². The third kappa shape index (κ3) is 5.08. The predicted octanol–water partition coefficient (Wildman–Crippen LogP) is 1.39. The van der Waals surface area contributed by atoms with Crippen molar-refractivity contribution >= 4 is 21.8 Å². The van der Waals surface area contributed by atoms with Gasteiger partial charge in [-0.15, -0.1) is 0 Å². The Kier molecular flexibility index (Phi) is 6.76. The second kappa shape index (κ2) is 8.85. The molecule has 2 aromatic carbocycles. The van der Waals surface area contributed by atoms with Gasteiger partial charge in [-0.25, -0.2) is 12.7 Å². The maximum Gasteiger partial charge on any atom is 0.276 e. The molecule has 2 rings (SSSR count). The highest BCUT2D eigenvalue weighted by Gasteiger charge is 2.17. The number of hydrogen-bond acceptors (Lipinski definition) is 5. The van der Waals surface area contributed by atoms with E-state index in [1.54, 1.807) is 0 Å². The first-order valence-corrected chi connectivity index (χ1v) is 9.87. The molecule has 0 aliphatic heterocycles. The fraction of sp³-hybridized carbons (Fsp3) is 0.263. The fourth-order valence-corrected chi connectivity index (χ4v) is 3.29. The van der Waals surface area contributed by atoms with Crippen LogP contribution in [0.2, 0.25) is 0 Å². The van der Waals surface area contributed by atoms with Crippen molar-refractivity contribution in [1.29, 1.82) is 0 Å². The summed E-state index contributed by atoms with van der Waals surface area (Å²) < 4.78 is 30.6. The van der Waals surface area contributed by atoms with Crippen molar-refractivity contribution in [2.24, 2.45) is 0 Å². The highest BCUT2D eigenvalue weighted by Crippen LogP contribution is 2.22. The minimum atomic E-state index is -3.57. The van der Waals surface area contributed by atoms with Crippen LogP contribution in [0.3, 0.4) is 0 Å². The van der Waals surface area contributed by atoms with Crippen molar-refractivity contribution in [3.05, 3.63) is 59.2 Å². The smallest absolute Gasteiger partial charge is 0.276 e. The van der Waals surface area contributed by atoms with Gasteiger partial charge in [0.1, 0.15) is 5.75 Å². The van der Waals surface area contributed by atoms with E-state index in [0.717, 1.165) is 15.4 Å². The quantitative estimate of drug-likeness (QED) is 0.707. The van der Waals surface area contributed by atoms with Crippen LogP contribution in [0.25, 0.3) is 0 Å². The Labute approximate surface area is 164 Å². The number of ether oxygens (including phenoxy) is 1. The molecule has 0 saturated carbocycles. The Bertz CT molecular complexity index is 949. The number of nitrogens with one attached hydrogen (secondary N) is 2. The topological polar surface area (TPSA) is 105 Å². The molecule has 0 saturated heterocycles. The van der Waals surface area contributed by atoms with E-state index in [4.69, 9.17) is 4.74 Å². The minimum absolute atomic E-state index is 0.0695. The monoisotopic (exact) mass is 405 g/mol. The van der Waals surface area contributed by atoms with Gasteiger partial charge in [0.2, 0.25) is 10.0 Å². The molecule has 0 radical (unpaired) electrons. The molecule has 0 aliphatic carbocycles. The zero-order valence-corrected chi connectivity index (χ0v) is 17.0. The Morgan fingerprint density at radius 1 is 0.964 bits per heavy atom. The van der Waals surface area contributed by atoms with Gasteiger partial charge in [-0.2, -0.15) is 0 Å². The molecule has 0 heterocycles. The summed E-state index contributed by atoms with van der Waals surface area (Å²) in [6, 6.07) is 11.0. The molecule has 0 atom stereocenters. The first-order valence-electron chi connectivity index (χ1n) is 8.43. The summed E-state index contributed by atoms with van der Waals surface area (Å²) in [7, 11) is -0.725. The summed E-state index contributed by atoms with van der Waals surface area (Å²) >= 11 is 0. The van der Waals surface area contributed by atoms with Gasteiger partial charge in [0, 0.05) is 19.7 Å². The number of para-hydroxylation sites is 1. The number of benzene rings is 2. The molecule has 150 valence electrons. The molecule has 0 aromatic heterocycles. The van der Waals surface area contributed by atoms with Crippen molar-refractivity contribution in [1.82, 2.24) is 15.2 Å². The number of aryl methyl sites for hydroxylation is 2. The van der Waals surface area contributed by atoms with Gasteiger partial charge in [0.25, 0.3) is 11.8 Å². The largest absolute Gasteiger partial charge is 0.483 e. The van der Waals surface area contributed by atoms with Crippen LogP contribution in [-0.2, 0) is 14.8 Å². The van der Waals surface area contributed by atoms with E-state index in [9.17, 15) is 18.0 Å². The lowest BCUT2D eigenvalue weighted by molar-refractivity contribution is -0.123. The van der Waals surface area contributed by atoms with E-state index in [1.807, 2.05) is 32.0 Å². The Balaban J connectivity index is 1.90. The van der Waals surface area contributed by atoms with Crippen LogP contribution in [0.4, 0.5) is 0 Å². The fourth-order valence-electron chi connectivity index (χ4n) is 2.39. The van der Waals surface area contributed by atoms with Crippen molar-refractivity contribution in [2.75, 3.05) is 20.7 Å². The van der Waals surface area contributed by atoms with E-state index in [-0.39, 0.29) is 17.1 Å². The third-order valence-electron chi connectivity index (χ3n) is 3.97. The zero-order chi connectivity index (χ0) is 20.9. The maximum absolute atomic E-state index is 12.1. The van der Waals surface area contributed by atoms with E-state index in [0.29, 0.717) is 5.75 Å². The third-order valence-corrected chi connectivity index (χ3v) is 5.80. The molecule has 0 bridgehead atoms. The number of sulfonamides is 1. The van der Waals surface area contributed by atoms with Gasteiger partial charge >= 0.3 is 0 Å². The zero-order valence-electron chi connectivity index (χ0n) is 16.1. The molecule has 9 heteroatoms. The summed E-state index contributed by atoms with van der Waals surface area (Å²) in [5.41, 5.74) is 6.55. The van der Waals surface area contributed by atoms with Gasteiger partial charge in [0.15, 0.2) is 6.61 Å². The van der Waals surface area contributed by atoms with Crippen LogP contribution in [0.15, 0.2) is 47.4 Å². The molecule has 8 nitrogen and oxygen atoms in total. The lowest BCUT2D eigenvalue weighted by Crippen LogP contribution is -2.43. The number of carbonyl (C=O) groups is 2. The van der Waals surface area contributed by atoms with Gasteiger partial charge in [-0.3, -0.25) is 20.4 Å². The summed E-state index contributed by atoms with van der Waals surface area (Å²) in [4.78, 5) is 24.1. The molecule has 0 unspecified atom stereocenters. The van der Waals surface area contributed by atoms with Crippen LogP contribution < -0.4 is 15.6 Å². The maximum atomic E-state index is 12.1. The molecular formula is C19H23N3O5S. The number of nitrogens with zero attached hydrogens (tertiary/aromatic N) is 1. The molecule has 0 fully saturated rings. The van der Waals surface area contributed by atoms with E-state index in [1.165, 1.54) is 38.4 Å². The molecule has 2 N–H and O–H groups in total. The van der Waals surface area contributed by atoms with Gasteiger partial charge in [-0.05, 0) is 49.2 Å². The number of rotatable bonds is 6. The van der Waals surface area contributed by atoms with E-state index in [2.05, 4.69) is 10.9 Å². The lowest BCUT2D eigenvalue weighted by Gasteiger charge is -2.13. The Morgan fingerprint density at radius 2 is 1.54 bits per heavy atom. The second-order valence-electron chi connectivity index (χ2n) is 6.32. The first kappa shape index (κ1) is 21.4.